The molecule has 22 heavy (non-hydrogen) atoms. The van der Waals surface area contributed by atoms with E-state index in [1.165, 1.54) is 6.26 Å². The van der Waals surface area contributed by atoms with Gasteiger partial charge in [-0.3, -0.25) is 0 Å². The molecule has 0 bridgehead atoms. The third kappa shape index (κ3) is 5.18. The van der Waals surface area contributed by atoms with E-state index >= 15 is 0 Å². The molecule has 124 valence electrons. The zero-order valence-corrected chi connectivity index (χ0v) is 14.1. The number of nitrogens with one attached hydrogen (secondary N) is 1. The molecule has 0 saturated carbocycles. The lowest BCUT2D eigenvalue weighted by Crippen LogP contribution is -2.36. The summed E-state index contributed by atoms with van der Waals surface area (Å²) in [5.74, 6) is 0.254. The molecular formula is C16H26N2O3S. The summed E-state index contributed by atoms with van der Waals surface area (Å²) in [6.45, 7) is 4.26. The Morgan fingerprint density at radius 1 is 1.32 bits per heavy atom. The van der Waals surface area contributed by atoms with Crippen LogP contribution in [0.15, 0.2) is 24.3 Å². The lowest BCUT2D eigenvalue weighted by atomic mass is 10.1. The second-order valence-corrected chi connectivity index (χ2v) is 8.50. The number of benzene rings is 1. The van der Waals surface area contributed by atoms with Gasteiger partial charge < -0.3 is 15.3 Å². The van der Waals surface area contributed by atoms with Crippen molar-refractivity contribution in [2.75, 3.05) is 41.9 Å². The molecule has 1 saturated heterocycles. The summed E-state index contributed by atoms with van der Waals surface area (Å²) < 4.78 is 22.7. The van der Waals surface area contributed by atoms with Crippen LogP contribution in [-0.2, 0) is 9.84 Å². The predicted octanol–water partition coefficient (Wildman–Crippen LogP) is 1.74. The van der Waals surface area contributed by atoms with Gasteiger partial charge in [0.25, 0.3) is 0 Å². The lowest BCUT2D eigenvalue weighted by Gasteiger charge is -2.33. The van der Waals surface area contributed by atoms with Crippen LogP contribution in [0.2, 0.25) is 0 Å². The first kappa shape index (κ1) is 17.1. The minimum absolute atomic E-state index is 0.0613. The molecule has 1 aromatic carbocycles. The quantitative estimate of drug-likeness (QED) is 0.833. The Morgan fingerprint density at radius 2 is 1.95 bits per heavy atom. The molecule has 6 heteroatoms. The van der Waals surface area contributed by atoms with Crippen molar-refractivity contribution in [3.63, 3.8) is 0 Å². The second kappa shape index (κ2) is 7.33. The van der Waals surface area contributed by atoms with Crippen LogP contribution in [-0.4, -0.2) is 51.3 Å². The molecule has 1 fully saturated rings. The molecule has 1 aromatic rings. The summed E-state index contributed by atoms with van der Waals surface area (Å²) in [5.41, 5.74) is 2.15. The molecule has 1 aliphatic rings. The summed E-state index contributed by atoms with van der Waals surface area (Å²) in [6, 6.07) is 8.08. The van der Waals surface area contributed by atoms with Crippen LogP contribution in [0.25, 0.3) is 0 Å². The number of para-hydroxylation sites is 2. The molecule has 2 rings (SSSR count). The minimum atomic E-state index is -2.94. The first-order chi connectivity index (χ1) is 10.3. The largest absolute Gasteiger partial charge is 0.393 e. The van der Waals surface area contributed by atoms with Crippen LogP contribution in [0.1, 0.15) is 19.8 Å². The predicted molar refractivity (Wildman–Crippen MR) is 91.3 cm³/mol. The summed E-state index contributed by atoms with van der Waals surface area (Å²) >= 11 is 0. The number of sulfone groups is 1. The van der Waals surface area contributed by atoms with Gasteiger partial charge in [-0.05, 0) is 30.9 Å². The Balaban J connectivity index is 1.99. The molecule has 0 radical (unpaired) electrons. The number of aliphatic hydroxyl groups excluding tert-OH is 1. The van der Waals surface area contributed by atoms with Gasteiger partial charge in [-0.2, -0.15) is 0 Å². The maximum absolute atomic E-state index is 11.3. The number of nitrogens with zero attached hydrogens (tertiary/aromatic N) is 1. The van der Waals surface area contributed by atoms with Crippen LogP contribution in [0, 0.1) is 5.92 Å². The Morgan fingerprint density at radius 3 is 2.59 bits per heavy atom. The van der Waals surface area contributed by atoms with E-state index in [1.54, 1.807) is 0 Å². The average molecular weight is 326 g/mol. The van der Waals surface area contributed by atoms with Crippen molar-refractivity contribution in [2.24, 2.45) is 5.92 Å². The zero-order valence-electron chi connectivity index (χ0n) is 13.3. The number of rotatable bonds is 6. The third-order valence-corrected chi connectivity index (χ3v) is 5.11. The highest BCUT2D eigenvalue weighted by Crippen LogP contribution is 2.28. The fraction of sp³-hybridized carbons (Fsp3) is 0.625. The molecule has 0 aliphatic carbocycles. The molecule has 1 heterocycles. The molecular weight excluding hydrogens is 300 g/mol. The molecule has 5 nitrogen and oxygen atoms in total. The van der Waals surface area contributed by atoms with Crippen LogP contribution in [0.4, 0.5) is 11.4 Å². The summed E-state index contributed by atoms with van der Waals surface area (Å²) in [4.78, 5) is 2.27. The van der Waals surface area contributed by atoms with E-state index in [-0.39, 0.29) is 17.8 Å². The maximum atomic E-state index is 11.3. The van der Waals surface area contributed by atoms with Crippen molar-refractivity contribution in [2.45, 2.75) is 25.9 Å². The van der Waals surface area contributed by atoms with Crippen LogP contribution < -0.4 is 10.2 Å². The normalized spacial score (nSPS) is 18.2. The summed E-state index contributed by atoms with van der Waals surface area (Å²) in [5, 5.41) is 13.0. The Labute approximate surface area is 133 Å². The molecule has 1 aliphatic heterocycles. The maximum Gasteiger partial charge on any atom is 0.147 e. The first-order valence-corrected chi connectivity index (χ1v) is 9.85. The van der Waals surface area contributed by atoms with Gasteiger partial charge in [0.2, 0.25) is 0 Å². The van der Waals surface area contributed by atoms with Crippen molar-refractivity contribution in [3.05, 3.63) is 24.3 Å². The van der Waals surface area contributed by atoms with Gasteiger partial charge in [-0.1, -0.05) is 19.1 Å². The van der Waals surface area contributed by atoms with E-state index < -0.39 is 9.84 Å². The van der Waals surface area contributed by atoms with Crippen molar-refractivity contribution in [1.82, 2.24) is 0 Å². The molecule has 2 N–H and O–H groups in total. The first-order valence-electron chi connectivity index (χ1n) is 7.79. The van der Waals surface area contributed by atoms with Crippen LogP contribution >= 0.6 is 0 Å². The molecule has 1 unspecified atom stereocenters. The standard InChI is InChI=1S/C16H26N2O3S/c1-13(12-22(2,20)21)11-17-15-5-3-4-6-16(15)18-9-7-14(19)8-10-18/h3-6,13-14,17,19H,7-12H2,1-2H3. The van der Waals surface area contributed by atoms with Crippen molar-refractivity contribution in [3.8, 4) is 0 Å². The highest BCUT2D eigenvalue weighted by Gasteiger charge is 2.19. The average Bonchev–Trinajstić information content (AvgIpc) is 2.45. The Kier molecular flexibility index (Phi) is 5.69. The van der Waals surface area contributed by atoms with Gasteiger partial charge in [0, 0.05) is 25.9 Å². The number of anilines is 2. The number of hydrogen-bond donors (Lipinski definition) is 2. The van der Waals surface area contributed by atoms with E-state index in [2.05, 4.69) is 16.3 Å². The third-order valence-electron chi connectivity index (χ3n) is 3.94. The highest BCUT2D eigenvalue weighted by atomic mass is 32.2. The molecule has 0 aromatic heterocycles. The van der Waals surface area contributed by atoms with Crippen molar-refractivity contribution in [1.29, 1.82) is 0 Å². The van der Waals surface area contributed by atoms with Gasteiger partial charge in [-0.25, -0.2) is 8.42 Å². The van der Waals surface area contributed by atoms with E-state index in [0.717, 1.165) is 37.3 Å². The van der Waals surface area contributed by atoms with E-state index in [4.69, 9.17) is 0 Å². The molecule has 0 spiro atoms. The lowest BCUT2D eigenvalue weighted by molar-refractivity contribution is 0.145. The van der Waals surface area contributed by atoms with Gasteiger partial charge in [-0.15, -0.1) is 0 Å². The second-order valence-electron chi connectivity index (χ2n) is 6.31. The van der Waals surface area contributed by atoms with Gasteiger partial charge in [0.15, 0.2) is 0 Å². The topological polar surface area (TPSA) is 69.6 Å². The number of hydrogen-bond acceptors (Lipinski definition) is 5. The Hall–Kier alpha value is -1.27. The van der Waals surface area contributed by atoms with Gasteiger partial charge in [0.1, 0.15) is 9.84 Å². The van der Waals surface area contributed by atoms with E-state index in [9.17, 15) is 13.5 Å². The fourth-order valence-electron chi connectivity index (χ4n) is 2.87. The summed E-state index contributed by atoms with van der Waals surface area (Å²) in [6.07, 6.45) is 2.67. The van der Waals surface area contributed by atoms with Gasteiger partial charge in [0.05, 0.1) is 23.2 Å². The SMILES string of the molecule is CC(CNc1ccccc1N1CCC(O)CC1)CS(C)(=O)=O. The smallest absolute Gasteiger partial charge is 0.147 e. The molecule has 1 atom stereocenters. The Bertz CT molecular complexity index is 581. The number of piperidine rings is 1. The van der Waals surface area contributed by atoms with Crippen molar-refractivity contribution < 1.29 is 13.5 Å². The fourth-order valence-corrected chi connectivity index (χ4v) is 4.02. The summed E-state index contributed by atoms with van der Waals surface area (Å²) in [7, 11) is -2.94. The van der Waals surface area contributed by atoms with Crippen LogP contribution in [0.5, 0.6) is 0 Å². The van der Waals surface area contributed by atoms with Gasteiger partial charge >= 0.3 is 0 Å². The monoisotopic (exact) mass is 326 g/mol. The zero-order chi connectivity index (χ0) is 16.2. The highest BCUT2D eigenvalue weighted by molar-refractivity contribution is 7.90. The number of aliphatic hydroxyl groups is 1. The van der Waals surface area contributed by atoms with Crippen molar-refractivity contribution >= 4 is 21.2 Å². The van der Waals surface area contributed by atoms with E-state index in [1.807, 2.05) is 25.1 Å². The van der Waals surface area contributed by atoms with Crippen LogP contribution in [0.3, 0.4) is 0 Å². The van der Waals surface area contributed by atoms with E-state index in [0.29, 0.717) is 6.54 Å². The molecule has 0 amide bonds. The minimum Gasteiger partial charge on any atom is -0.393 e.